The molecule has 0 radical (unpaired) electrons. The summed E-state index contributed by atoms with van der Waals surface area (Å²) >= 11 is 0. The molecule has 9 nitrogen and oxygen atoms in total. The number of hydrogen-bond acceptors (Lipinski definition) is 6. The zero-order valence-corrected chi connectivity index (χ0v) is 14.0. The van der Waals surface area contributed by atoms with E-state index in [1.165, 1.54) is 11.8 Å². The Kier molecular flexibility index (Phi) is 8.09. The Hall–Kier alpha value is -1.71. The van der Waals surface area contributed by atoms with Gasteiger partial charge in [0.15, 0.2) is 0 Å². The van der Waals surface area contributed by atoms with Crippen LogP contribution in [0.4, 0.5) is 0 Å². The number of carbonyl (C=O) groups is 3. The van der Waals surface area contributed by atoms with Gasteiger partial charge in [0, 0.05) is 6.54 Å². The van der Waals surface area contributed by atoms with Crippen molar-refractivity contribution in [3.63, 3.8) is 0 Å². The van der Waals surface area contributed by atoms with Crippen molar-refractivity contribution >= 4 is 17.8 Å². The molecule has 1 saturated heterocycles. The maximum atomic E-state index is 12.7. The first kappa shape index (κ1) is 20.3. The predicted molar refractivity (Wildman–Crippen MR) is 86.9 cm³/mol. The number of amides is 2. The van der Waals surface area contributed by atoms with Crippen LogP contribution in [0.25, 0.3) is 0 Å². The van der Waals surface area contributed by atoms with Gasteiger partial charge in [-0.2, -0.15) is 0 Å². The molecule has 24 heavy (non-hydrogen) atoms. The number of carboxylic acids is 1. The number of nitrogens with two attached hydrogens (primary N) is 2. The van der Waals surface area contributed by atoms with E-state index in [1.807, 2.05) is 0 Å². The highest BCUT2D eigenvalue weighted by Gasteiger charge is 2.37. The lowest BCUT2D eigenvalue weighted by atomic mass is 10.1. The van der Waals surface area contributed by atoms with Crippen molar-refractivity contribution in [3.8, 4) is 0 Å². The highest BCUT2D eigenvalue weighted by atomic mass is 16.4. The third-order valence-corrected chi connectivity index (χ3v) is 4.20. The number of nitrogens with zero attached hydrogens (tertiary/aromatic N) is 1. The molecule has 1 aliphatic heterocycles. The Morgan fingerprint density at radius 1 is 1.33 bits per heavy atom. The number of aliphatic hydroxyl groups is 1. The largest absolute Gasteiger partial charge is 0.480 e. The van der Waals surface area contributed by atoms with E-state index in [2.05, 4.69) is 5.32 Å². The molecule has 7 N–H and O–H groups in total. The first-order valence-corrected chi connectivity index (χ1v) is 8.27. The minimum absolute atomic E-state index is 0.344. The summed E-state index contributed by atoms with van der Waals surface area (Å²) in [4.78, 5) is 37.3. The van der Waals surface area contributed by atoms with E-state index in [0.717, 1.165) is 0 Å². The fourth-order valence-corrected chi connectivity index (χ4v) is 2.72. The van der Waals surface area contributed by atoms with Gasteiger partial charge in [-0.15, -0.1) is 0 Å². The molecule has 4 atom stereocenters. The Balaban J connectivity index is 2.81. The Morgan fingerprint density at radius 2 is 2.00 bits per heavy atom. The van der Waals surface area contributed by atoms with Crippen LogP contribution in [-0.4, -0.2) is 70.2 Å². The van der Waals surface area contributed by atoms with E-state index in [4.69, 9.17) is 11.5 Å². The van der Waals surface area contributed by atoms with Crippen LogP contribution in [0.15, 0.2) is 0 Å². The number of carboxylic acid groups (broad SMARTS) is 1. The van der Waals surface area contributed by atoms with Gasteiger partial charge in [0.05, 0.1) is 6.10 Å². The van der Waals surface area contributed by atoms with Gasteiger partial charge in [-0.3, -0.25) is 9.59 Å². The van der Waals surface area contributed by atoms with Gasteiger partial charge < -0.3 is 31.9 Å². The van der Waals surface area contributed by atoms with Crippen LogP contribution in [0.1, 0.15) is 39.0 Å². The molecule has 1 fully saturated rings. The first-order chi connectivity index (χ1) is 11.3. The number of rotatable bonds is 9. The third kappa shape index (κ3) is 5.43. The smallest absolute Gasteiger partial charge is 0.326 e. The molecule has 2 amide bonds. The predicted octanol–water partition coefficient (Wildman–Crippen LogP) is -1.62. The number of unbranched alkanes of at least 4 members (excludes halogenated alkanes) is 1. The van der Waals surface area contributed by atoms with Gasteiger partial charge in [-0.05, 0) is 45.6 Å². The van der Waals surface area contributed by atoms with Crippen LogP contribution in [0.2, 0.25) is 0 Å². The SMILES string of the molecule is C[C@H](O)[C@H](N)C(=O)N[C@@H](CCCCN)C(=O)N1CCC[C@@H]1C(=O)O. The summed E-state index contributed by atoms with van der Waals surface area (Å²) in [5.41, 5.74) is 11.0. The summed E-state index contributed by atoms with van der Waals surface area (Å²) < 4.78 is 0. The molecular weight excluding hydrogens is 316 g/mol. The zero-order valence-electron chi connectivity index (χ0n) is 14.0. The van der Waals surface area contributed by atoms with Crippen LogP contribution in [0.3, 0.4) is 0 Å². The quantitative estimate of drug-likeness (QED) is 0.314. The number of likely N-dealkylation sites (tertiary alicyclic amines) is 1. The number of nitrogens with one attached hydrogen (secondary N) is 1. The molecule has 1 aliphatic rings. The molecule has 0 spiro atoms. The van der Waals surface area contributed by atoms with Crippen LogP contribution >= 0.6 is 0 Å². The highest BCUT2D eigenvalue weighted by molar-refractivity contribution is 5.92. The van der Waals surface area contributed by atoms with Gasteiger partial charge in [0.2, 0.25) is 11.8 Å². The molecule has 1 heterocycles. The van der Waals surface area contributed by atoms with Crippen molar-refractivity contribution in [2.24, 2.45) is 11.5 Å². The summed E-state index contributed by atoms with van der Waals surface area (Å²) in [7, 11) is 0. The Morgan fingerprint density at radius 3 is 2.54 bits per heavy atom. The number of aliphatic hydroxyl groups excluding tert-OH is 1. The Labute approximate surface area is 141 Å². The third-order valence-electron chi connectivity index (χ3n) is 4.20. The molecule has 0 aliphatic carbocycles. The summed E-state index contributed by atoms with van der Waals surface area (Å²) in [6.07, 6.45) is 1.60. The lowest BCUT2D eigenvalue weighted by Crippen LogP contribution is -2.56. The minimum Gasteiger partial charge on any atom is -0.480 e. The molecule has 9 heteroatoms. The summed E-state index contributed by atoms with van der Waals surface area (Å²) in [6.45, 7) is 2.20. The van der Waals surface area contributed by atoms with Crippen LogP contribution in [-0.2, 0) is 14.4 Å². The molecule has 0 unspecified atom stereocenters. The highest BCUT2D eigenvalue weighted by Crippen LogP contribution is 2.19. The van der Waals surface area contributed by atoms with Crippen molar-refractivity contribution in [2.45, 2.75) is 63.3 Å². The zero-order chi connectivity index (χ0) is 18.3. The van der Waals surface area contributed by atoms with Gasteiger partial charge in [-0.25, -0.2) is 4.79 Å². The lowest BCUT2D eigenvalue weighted by molar-refractivity contribution is -0.149. The fourth-order valence-electron chi connectivity index (χ4n) is 2.72. The van der Waals surface area contributed by atoms with E-state index in [1.54, 1.807) is 0 Å². The monoisotopic (exact) mass is 344 g/mol. The molecule has 0 bridgehead atoms. The minimum atomic E-state index is -1.15. The fraction of sp³-hybridized carbons (Fsp3) is 0.800. The van der Waals surface area contributed by atoms with E-state index >= 15 is 0 Å². The summed E-state index contributed by atoms with van der Waals surface area (Å²) in [5.74, 6) is -2.11. The second-order valence-corrected chi connectivity index (χ2v) is 6.14. The van der Waals surface area contributed by atoms with Crippen LogP contribution in [0, 0.1) is 0 Å². The number of hydrogen-bond donors (Lipinski definition) is 5. The second-order valence-electron chi connectivity index (χ2n) is 6.14. The van der Waals surface area contributed by atoms with Crippen LogP contribution < -0.4 is 16.8 Å². The van der Waals surface area contributed by atoms with E-state index < -0.39 is 42.0 Å². The van der Waals surface area contributed by atoms with Gasteiger partial charge >= 0.3 is 5.97 Å². The second kappa shape index (κ2) is 9.55. The average Bonchev–Trinajstić information content (AvgIpc) is 3.02. The number of aliphatic carboxylic acids is 1. The molecule has 138 valence electrons. The molecule has 0 aromatic carbocycles. The van der Waals surface area contributed by atoms with Gasteiger partial charge in [-0.1, -0.05) is 0 Å². The first-order valence-electron chi connectivity index (χ1n) is 8.27. The standard InChI is InChI=1S/C15H28N4O5/c1-9(20)12(17)13(21)18-10(5-2-3-7-16)14(22)19-8-4-6-11(19)15(23)24/h9-12,20H,2-8,16-17H2,1H3,(H,18,21)(H,23,24)/t9-,10-,11+,12-/m0/s1. The summed E-state index contributed by atoms with van der Waals surface area (Å²) in [6, 6.07) is -2.88. The maximum absolute atomic E-state index is 12.7. The molecule has 0 aromatic rings. The molecule has 0 aromatic heterocycles. The van der Waals surface area contributed by atoms with Gasteiger partial charge in [0.1, 0.15) is 18.1 Å². The van der Waals surface area contributed by atoms with Gasteiger partial charge in [0.25, 0.3) is 0 Å². The van der Waals surface area contributed by atoms with Crippen molar-refractivity contribution in [1.82, 2.24) is 10.2 Å². The Bertz CT molecular complexity index is 457. The van der Waals surface area contributed by atoms with E-state index in [9.17, 15) is 24.6 Å². The topological polar surface area (TPSA) is 159 Å². The van der Waals surface area contributed by atoms with Crippen molar-refractivity contribution in [1.29, 1.82) is 0 Å². The number of carbonyl (C=O) groups excluding carboxylic acids is 2. The lowest BCUT2D eigenvalue weighted by Gasteiger charge is -2.28. The molecule has 1 rings (SSSR count). The van der Waals surface area contributed by atoms with Crippen molar-refractivity contribution < 1.29 is 24.6 Å². The van der Waals surface area contributed by atoms with E-state index in [0.29, 0.717) is 45.2 Å². The van der Waals surface area contributed by atoms with Crippen LogP contribution in [0.5, 0.6) is 0 Å². The normalized spacial score (nSPS) is 21.2. The van der Waals surface area contributed by atoms with Crippen molar-refractivity contribution in [2.75, 3.05) is 13.1 Å². The average molecular weight is 344 g/mol. The molecule has 0 saturated carbocycles. The summed E-state index contributed by atoms with van der Waals surface area (Å²) in [5, 5.41) is 21.2. The molecular formula is C15H28N4O5. The van der Waals surface area contributed by atoms with Crippen molar-refractivity contribution in [3.05, 3.63) is 0 Å². The maximum Gasteiger partial charge on any atom is 0.326 e. The van der Waals surface area contributed by atoms with E-state index in [-0.39, 0.29) is 0 Å².